The van der Waals surface area contributed by atoms with Crippen LogP contribution in [0, 0.1) is 5.92 Å². The second kappa shape index (κ2) is 6.07. The van der Waals surface area contributed by atoms with Crippen molar-refractivity contribution < 1.29 is 0 Å². The highest BCUT2D eigenvalue weighted by molar-refractivity contribution is 5.85. The van der Waals surface area contributed by atoms with Crippen LogP contribution in [0.2, 0.25) is 0 Å². The van der Waals surface area contributed by atoms with Gasteiger partial charge in [-0.2, -0.15) is 0 Å². The lowest BCUT2D eigenvalue weighted by Gasteiger charge is -2.42. The number of piperazine rings is 1. The molecular formula is C12H25ClN2. The predicted molar refractivity (Wildman–Crippen MR) is 67.7 cm³/mol. The molecule has 1 N–H and O–H groups in total. The summed E-state index contributed by atoms with van der Waals surface area (Å²) in [6.07, 6.45) is 5.60. The molecule has 2 aliphatic heterocycles. The predicted octanol–water partition coefficient (Wildman–Crippen LogP) is 2.28. The maximum absolute atomic E-state index is 3.73. The fraction of sp³-hybridized carbons (Fsp3) is 1.00. The molecule has 0 aromatic rings. The van der Waals surface area contributed by atoms with Crippen LogP contribution in [0.3, 0.4) is 0 Å². The molecule has 2 fully saturated rings. The van der Waals surface area contributed by atoms with E-state index in [1.807, 2.05) is 0 Å². The van der Waals surface area contributed by atoms with Crippen molar-refractivity contribution in [2.75, 3.05) is 19.6 Å². The lowest BCUT2D eigenvalue weighted by atomic mass is 9.94. The lowest BCUT2D eigenvalue weighted by molar-refractivity contribution is 0.121. The van der Waals surface area contributed by atoms with Gasteiger partial charge in [-0.1, -0.05) is 20.3 Å². The Morgan fingerprint density at radius 2 is 1.80 bits per heavy atom. The van der Waals surface area contributed by atoms with Crippen LogP contribution in [-0.2, 0) is 0 Å². The van der Waals surface area contributed by atoms with Crippen LogP contribution >= 0.6 is 12.4 Å². The number of likely N-dealkylation sites (tertiary alicyclic amines) is 1. The van der Waals surface area contributed by atoms with E-state index in [4.69, 9.17) is 0 Å². The Hall–Kier alpha value is 0.210. The zero-order valence-electron chi connectivity index (χ0n) is 10.0. The molecule has 0 saturated carbocycles. The average Bonchev–Trinajstić information content (AvgIpc) is 2.14. The Morgan fingerprint density at radius 1 is 1.20 bits per heavy atom. The third kappa shape index (κ3) is 3.93. The van der Waals surface area contributed by atoms with E-state index in [-0.39, 0.29) is 12.4 Å². The molecule has 0 aromatic heterocycles. The van der Waals surface area contributed by atoms with Crippen molar-refractivity contribution in [3.8, 4) is 0 Å². The van der Waals surface area contributed by atoms with E-state index in [1.54, 1.807) is 0 Å². The van der Waals surface area contributed by atoms with Crippen LogP contribution in [0.5, 0.6) is 0 Å². The van der Waals surface area contributed by atoms with Crippen LogP contribution in [0.25, 0.3) is 0 Å². The van der Waals surface area contributed by atoms with Crippen molar-refractivity contribution in [2.45, 2.75) is 51.6 Å². The minimum Gasteiger partial charge on any atom is -0.309 e. The van der Waals surface area contributed by atoms with Gasteiger partial charge in [0.2, 0.25) is 0 Å². The molecule has 2 rings (SSSR count). The van der Waals surface area contributed by atoms with Crippen LogP contribution in [0.15, 0.2) is 0 Å². The zero-order chi connectivity index (χ0) is 9.97. The number of halogens is 1. The average molecular weight is 233 g/mol. The molecule has 0 radical (unpaired) electrons. The van der Waals surface area contributed by atoms with E-state index in [1.165, 1.54) is 45.3 Å². The fourth-order valence-corrected chi connectivity index (χ4v) is 2.72. The van der Waals surface area contributed by atoms with E-state index in [9.17, 15) is 0 Å². The monoisotopic (exact) mass is 232 g/mol. The highest BCUT2D eigenvalue weighted by Crippen LogP contribution is 2.19. The summed E-state index contributed by atoms with van der Waals surface area (Å²) in [5.41, 5.74) is 0. The third-order valence-electron chi connectivity index (χ3n) is 3.56. The minimum absolute atomic E-state index is 0. The van der Waals surface area contributed by atoms with E-state index in [0.29, 0.717) is 0 Å². The topological polar surface area (TPSA) is 15.3 Å². The highest BCUT2D eigenvalue weighted by Gasteiger charge is 2.29. The largest absolute Gasteiger partial charge is 0.309 e. The molecule has 90 valence electrons. The molecule has 0 aliphatic carbocycles. The highest BCUT2D eigenvalue weighted by atomic mass is 35.5. The molecular weight excluding hydrogens is 208 g/mol. The number of nitrogens with one attached hydrogen (secondary N) is 1. The fourth-order valence-electron chi connectivity index (χ4n) is 2.72. The van der Waals surface area contributed by atoms with Crippen molar-refractivity contribution in [2.24, 2.45) is 5.92 Å². The second-order valence-electron chi connectivity index (χ2n) is 5.43. The quantitative estimate of drug-likeness (QED) is 0.803. The molecule has 2 saturated heterocycles. The zero-order valence-corrected chi connectivity index (χ0v) is 10.9. The first kappa shape index (κ1) is 13.3. The number of nitrogens with zero attached hydrogens (tertiary/aromatic N) is 1. The lowest BCUT2D eigenvalue weighted by Crippen LogP contribution is -2.58. The number of hydrogen-bond donors (Lipinski definition) is 1. The SMILES string of the molecule is CC(C)CCN1CC2CCCC(C1)N2.Cl. The molecule has 2 atom stereocenters. The molecule has 2 aliphatic rings. The first-order chi connectivity index (χ1) is 6.74. The van der Waals surface area contributed by atoms with Gasteiger partial charge in [-0.05, 0) is 31.7 Å². The summed E-state index contributed by atoms with van der Waals surface area (Å²) < 4.78 is 0. The second-order valence-corrected chi connectivity index (χ2v) is 5.43. The van der Waals surface area contributed by atoms with E-state index in [0.717, 1.165) is 18.0 Å². The first-order valence-corrected chi connectivity index (χ1v) is 6.22. The molecule has 0 aromatic carbocycles. The summed E-state index contributed by atoms with van der Waals surface area (Å²) in [5, 5.41) is 3.73. The smallest absolute Gasteiger partial charge is 0.0198 e. The van der Waals surface area contributed by atoms with Crippen molar-refractivity contribution in [3.63, 3.8) is 0 Å². The summed E-state index contributed by atoms with van der Waals surface area (Å²) in [6, 6.07) is 1.60. The number of hydrogen-bond acceptors (Lipinski definition) is 2. The van der Waals surface area contributed by atoms with Gasteiger partial charge in [0.05, 0.1) is 0 Å². The number of piperidine rings is 1. The van der Waals surface area contributed by atoms with Gasteiger partial charge in [0, 0.05) is 25.2 Å². The maximum Gasteiger partial charge on any atom is 0.0198 e. The third-order valence-corrected chi connectivity index (χ3v) is 3.56. The molecule has 15 heavy (non-hydrogen) atoms. The van der Waals surface area contributed by atoms with E-state index in [2.05, 4.69) is 24.1 Å². The maximum atomic E-state index is 3.73. The van der Waals surface area contributed by atoms with E-state index >= 15 is 0 Å². The van der Waals surface area contributed by atoms with Crippen molar-refractivity contribution >= 4 is 12.4 Å². The van der Waals surface area contributed by atoms with Crippen LogP contribution < -0.4 is 5.32 Å². The Balaban J connectivity index is 0.00000112. The van der Waals surface area contributed by atoms with Crippen molar-refractivity contribution in [1.82, 2.24) is 10.2 Å². The van der Waals surface area contributed by atoms with Gasteiger partial charge in [-0.3, -0.25) is 0 Å². The van der Waals surface area contributed by atoms with Gasteiger partial charge in [0.1, 0.15) is 0 Å². The van der Waals surface area contributed by atoms with Crippen molar-refractivity contribution in [3.05, 3.63) is 0 Å². The Kier molecular flexibility index (Phi) is 5.37. The van der Waals surface area contributed by atoms with Gasteiger partial charge < -0.3 is 10.2 Å². The van der Waals surface area contributed by atoms with Gasteiger partial charge in [0.15, 0.2) is 0 Å². The summed E-state index contributed by atoms with van der Waals surface area (Å²) in [5.74, 6) is 0.852. The normalized spacial score (nSPS) is 31.4. The van der Waals surface area contributed by atoms with Gasteiger partial charge in [-0.25, -0.2) is 0 Å². The molecule has 2 nitrogen and oxygen atoms in total. The Bertz CT molecular complexity index is 172. The summed E-state index contributed by atoms with van der Waals surface area (Å²) in [6.45, 7) is 8.55. The molecule has 2 heterocycles. The summed E-state index contributed by atoms with van der Waals surface area (Å²) in [4.78, 5) is 2.67. The minimum atomic E-state index is 0. The van der Waals surface area contributed by atoms with Crippen LogP contribution in [0.1, 0.15) is 39.5 Å². The number of rotatable bonds is 3. The Labute approximate surface area is 100 Å². The molecule has 0 amide bonds. The Morgan fingerprint density at radius 3 is 2.33 bits per heavy atom. The standard InChI is InChI=1S/C12H24N2.ClH/c1-10(2)6-7-14-8-11-4-3-5-12(9-14)13-11;/h10-13H,3-9H2,1-2H3;1H. The number of fused-ring (bicyclic) bond motifs is 2. The van der Waals surface area contributed by atoms with Crippen LogP contribution in [-0.4, -0.2) is 36.6 Å². The van der Waals surface area contributed by atoms with Gasteiger partial charge in [-0.15, -0.1) is 12.4 Å². The summed E-state index contributed by atoms with van der Waals surface area (Å²) >= 11 is 0. The first-order valence-electron chi connectivity index (χ1n) is 6.22. The van der Waals surface area contributed by atoms with Crippen molar-refractivity contribution in [1.29, 1.82) is 0 Å². The van der Waals surface area contributed by atoms with Gasteiger partial charge >= 0.3 is 0 Å². The molecule has 3 heteroatoms. The van der Waals surface area contributed by atoms with Gasteiger partial charge in [0.25, 0.3) is 0 Å². The molecule has 2 unspecified atom stereocenters. The summed E-state index contributed by atoms with van der Waals surface area (Å²) in [7, 11) is 0. The van der Waals surface area contributed by atoms with E-state index < -0.39 is 0 Å². The van der Waals surface area contributed by atoms with Crippen LogP contribution in [0.4, 0.5) is 0 Å². The molecule has 2 bridgehead atoms. The molecule has 0 spiro atoms.